The number of hydrogen-bond acceptors (Lipinski definition) is 1. The van der Waals surface area contributed by atoms with E-state index in [-0.39, 0.29) is 0 Å². The maximum atomic E-state index is 5.74. The first-order chi connectivity index (χ1) is 6.68. The largest absolute Gasteiger partial charge is 0.378 e. The molecule has 0 aromatic carbocycles. The van der Waals surface area contributed by atoms with Gasteiger partial charge in [0.05, 0.1) is 6.10 Å². The Morgan fingerprint density at radius 3 is 2.71 bits per heavy atom. The third-order valence-electron chi connectivity index (χ3n) is 2.36. The molecule has 0 saturated heterocycles. The van der Waals surface area contributed by atoms with Gasteiger partial charge >= 0.3 is 0 Å². The number of ether oxygens (including phenoxy) is 1. The zero-order valence-electron chi connectivity index (χ0n) is 9.62. The summed E-state index contributed by atoms with van der Waals surface area (Å²) >= 11 is 0. The van der Waals surface area contributed by atoms with Crippen molar-refractivity contribution in [2.45, 2.75) is 46.1 Å². The molecule has 1 rings (SSSR count). The predicted octanol–water partition coefficient (Wildman–Crippen LogP) is 3.71. The Labute approximate surface area is 87.8 Å². The van der Waals surface area contributed by atoms with E-state index in [4.69, 9.17) is 4.74 Å². The van der Waals surface area contributed by atoms with Gasteiger partial charge in [-0.3, -0.25) is 0 Å². The molecular formula is C13H22O. The fourth-order valence-corrected chi connectivity index (χ4v) is 1.61. The highest BCUT2D eigenvalue weighted by atomic mass is 16.5. The first-order valence-corrected chi connectivity index (χ1v) is 5.64. The van der Waals surface area contributed by atoms with E-state index in [1.165, 1.54) is 18.4 Å². The zero-order chi connectivity index (χ0) is 10.4. The van der Waals surface area contributed by atoms with Crippen LogP contribution >= 0.6 is 0 Å². The molecule has 0 aromatic heterocycles. The van der Waals surface area contributed by atoms with Gasteiger partial charge < -0.3 is 4.74 Å². The van der Waals surface area contributed by atoms with Crippen molar-refractivity contribution < 1.29 is 4.74 Å². The van der Waals surface area contributed by atoms with Gasteiger partial charge in [0.2, 0.25) is 0 Å². The predicted molar refractivity (Wildman–Crippen MR) is 61.3 cm³/mol. The first kappa shape index (κ1) is 11.5. The van der Waals surface area contributed by atoms with Gasteiger partial charge in [0.25, 0.3) is 0 Å². The van der Waals surface area contributed by atoms with Crippen molar-refractivity contribution in [2.75, 3.05) is 6.61 Å². The minimum absolute atomic E-state index is 0.371. The second-order valence-electron chi connectivity index (χ2n) is 4.53. The van der Waals surface area contributed by atoms with Gasteiger partial charge in [0, 0.05) is 6.61 Å². The lowest BCUT2D eigenvalue weighted by molar-refractivity contribution is 0.0475. The van der Waals surface area contributed by atoms with Gasteiger partial charge in [-0.1, -0.05) is 37.6 Å². The summed E-state index contributed by atoms with van der Waals surface area (Å²) in [5, 5.41) is 0. The van der Waals surface area contributed by atoms with Crippen LogP contribution in [0.1, 0.15) is 40.0 Å². The Morgan fingerprint density at radius 1 is 1.36 bits per heavy atom. The van der Waals surface area contributed by atoms with E-state index in [2.05, 4.69) is 39.0 Å². The second-order valence-corrected chi connectivity index (χ2v) is 4.53. The molecule has 14 heavy (non-hydrogen) atoms. The topological polar surface area (TPSA) is 9.23 Å². The van der Waals surface area contributed by atoms with Crippen LogP contribution in [0.4, 0.5) is 0 Å². The molecule has 1 heteroatoms. The average molecular weight is 194 g/mol. The monoisotopic (exact) mass is 194 g/mol. The van der Waals surface area contributed by atoms with Crippen LogP contribution in [-0.4, -0.2) is 12.7 Å². The van der Waals surface area contributed by atoms with E-state index in [9.17, 15) is 0 Å². The van der Waals surface area contributed by atoms with Gasteiger partial charge in [0.15, 0.2) is 0 Å². The highest BCUT2D eigenvalue weighted by molar-refractivity contribution is 5.17. The normalized spacial score (nSPS) is 18.4. The van der Waals surface area contributed by atoms with E-state index in [0.717, 1.165) is 13.0 Å². The summed E-state index contributed by atoms with van der Waals surface area (Å²) in [5.74, 6) is 0.637. The van der Waals surface area contributed by atoms with Gasteiger partial charge in [-0.05, 0) is 32.1 Å². The highest BCUT2D eigenvalue weighted by Gasteiger charge is 2.07. The minimum atomic E-state index is 0.371. The maximum Gasteiger partial charge on any atom is 0.0584 e. The molecule has 1 aliphatic carbocycles. The number of rotatable bonds is 5. The molecule has 1 aliphatic rings. The van der Waals surface area contributed by atoms with Crippen LogP contribution in [-0.2, 0) is 4.74 Å². The van der Waals surface area contributed by atoms with E-state index in [1.54, 1.807) is 0 Å². The standard InChI is InChI=1S/C13H22O/c1-11(2)10-14-12(3)9-13-7-5-4-6-8-13/h4-5,7,11-12H,6,8-10H2,1-3H3. The van der Waals surface area contributed by atoms with Crippen molar-refractivity contribution in [3.8, 4) is 0 Å². The van der Waals surface area contributed by atoms with Crippen molar-refractivity contribution in [1.82, 2.24) is 0 Å². The lowest BCUT2D eigenvalue weighted by Gasteiger charge is -2.17. The fourth-order valence-electron chi connectivity index (χ4n) is 1.61. The lowest BCUT2D eigenvalue weighted by atomic mass is 10.00. The van der Waals surface area contributed by atoms with Crippen LogP contribution in [0, 0.1) is 5.92 Å². The molecule has 0 spiro atoms. The van der Waals surface area contributed by atoms with Crippen LogP contribution in [0.15, 0.2) is 23.8 Å². The van der Waals surface area contributed by atoms with Crippen molar-refractivity contribution in [3.63, 3.8) is 0 Å². The summed E-state index contributed by atoms with van der Waals surface area (Å²) in [7, 11) is 0. The third kappa shape index (κ3) is 4.61. The molecule has 0 amide bonds. The summed E-state index contributed by atoms with van der Waals surface area (Å²) in [5.41, 5.74) is 1.53. The minimum Gasteiger partial charge on any atom is -0.378 e. The van der Waals surface area contributed by atoms with E-state index < -0.39 is 0 Å². The zero-order valence-corrected chi connectivity index (χ0v) is 9.62. The quantitative estimate of drug-likeness (QED) is 0.648. The summed E-state index contributed by atoms with van der Waals surface area (Å²) in [6.07, 6.45) is 10.5. The molecule has 0 fully saturated rings. The smallest absolute Gasteiger partial charge is 0.0584 e. The third-order valence-corrected chi connectivity index (χ3v) is 2.36. The highest BCUT2D eigenvalue weighted by Crippen LogP contribution is 2.18. The first-order valence-electron chi connectivity index (χ1n) is 5.64. The van der Waals surface area contributed by atoms with Crippen molar-refractivity contribution >= 4 is 0 Å². The second kappa shape index (κ2) is 6.02. The molecule has 0 aliphatic heterocycles. The van der Waals surface area contributed by atoms with Crippen LogP contribution in [0.2, 0.25) is 0 Å². The average Bonchev–Trinajstić information content (AvgIpc) is 2.16. The van der Waals surface area contributed by atoms with Crippen LogP contribution in [0.3, 0.4) is 0 Å². The van der Waals surface area contributed by atoms with E-state index in [0.29, 0.717) is 12.0 Å². The fraction of sp³-hybridized carbons (Fsp3) is 0.692. The molecule has 0 aromatic rings. The summed E-state index contributed by atoms with van der Waals surface area (Å²) in [6, 6.07) is 0. The molecular weight excluding hydrogens is 172 g/mol. The Balaban J connectivity index is 2.22. The van der Waals surface area contributed by atoms with Gasteiger partial charge in [-0.15, -0.1) is 0 Å². The molecule has 80 valence electrons. The SMILES string of the molecule is CC(C)COC(C)CC1=CC=CCC1. The van der Waals surface area contributed by atoms with Crippen LogP contribution in [0.25, 0.3) is 0 Å². The molecule has 1 atom stereocenters. The van der Waals surface area contributed by atoms with Gasteiger partial charge in [-0.25, -0.2) is 0 Å². The Morgan fingerprint density at radius 2 is 2.14 bits per heavy atom. The van der Waals surface area contributed by atoms with Crippen LogP contribution < -0.4 is 0 Å². The molecule has 0 bridgehead atoms. The Hall–Kier alpha value is -0.560. The molecule has 0 heterocycles. The molecule has 0 saturated carbocycles. The summed E-state index contributed by atoms with van der Waals surface area (Å²) < 4.78 is 5.74. The molecule has 1 nitrogen and oxygen atoms in total. The summed E-state index contributed by atoms with van der Waals surface area (Å²) in [4.78, 5) is 0. The van der Waals surface area contributed by atoms with Gasteiger partial charge in [0.1, 0.15) is 0 Å². The van der Waals surface area contributed by atoms with Crippen LogP contribution in [0.5, 0.6) is 0 Å². The number of allylic oxidation sites excluding steroid dienone is 3. The maximum absolute atomic E-state index is 5.74. The molecule has 0 radical (unpaired) electrons. The molecule has 1 unspecified atom stereocenters. The lowest BCUT2D eigenvalue weighted by Crippen LogP contribution is -2.13. The van der Waals surface area contributed by atoms with Gasteiger partial charge in [-0.2, -0.15) is 0 Å². The Kier molecular flexibility index (Phi) is 4.95. The van der Waals surface area contributed by atoms with E-state index >= 15 is 0 Å². The molecule has 0 N–H and O–H groups in total. The van der Waals surface area contributed by atoms with Crippen molar-refractivity contribution in [1.29, 1.82) is 0 Å². The van der Waals surface area contributed by atoms with Crippen molar-refractivity contribution in [2.24, 2.45) is 5.92 Å². The Bertz CT molecular complexity index is 213. The van der Waals surface area contributed by atoms with Crippen molar-refractivity contribution in [3.05, 3.63) is 23.8 Å². The number of hydrogen-bond donors (Lipinski definition) is 0. The van der Waals surface area contributed by atoms with E-state index in [1.807, 2.05) is 0 Å². The summed E-state index contributed by atoms with van der Waals surface area (Å²) in [6.45, 7) is 7.43.